The summed E-state index contributed by atoms with van der Waals surface area (Å²) in [6.45, 7) is 6.11. The van der Waals surface area contributed by atoms with Gasteiger partial charge < -0.3 is 14.6 Å². The number of rotatable bonds is 1. The predicted molar refractivity (Wildman–Crippen MR) is 41.2 cm³/mol. The van der Waals surface area contributed by atoms with Crippen molar-refractivity contribution in [3.8, 4) is 0 Å². The summed E-state index contributed by atoms with van der Waals surface area (Å²) in [5, 5.41) is 9.30. The van der Waals surface area contributed by atoms with Gasteiger partial charge in [-0.2, -0.15) is 0 Å². The minimum atomic E-state index is -0.794. The van der Waals surface area contributed by atoms with Gasteiger partial charge in [-0.1, -0.05) is 0 Å². The van der Waals surface area contributed by atoms with Crippen molar-refractivity contribution in [2.75, 3.05) is 6.61 Å². The molecule has 1 rings (SSSR count). The summed E-state index contributed by atoms with van der Waals surface area (Å²) in [7, 11) is 0. The molecule has 0 saturated carbocycles. The molecule has 0 spiro atoms. The number of aliphatic hydroxyl groups excluding tert-OH is 1. The fourth-order valence-corrected chi connectivity index (χ4v) is 1.14. The Balaban J connectivity index is 2.55. The molecule has 0 bridgehead atoms. The highest BCUT2D eigenvalue weighted by Crippen LogP contribution is 2.25. The lowest BCUT2D eigenvalue weighted by Gasteiger charge is -2.39. The van der Waals surface area contributed by atoms with E-state index >= 15 is 0 Å². The highest BCUT2D eigenvalue weighted by atomic mass is 16.7. The molecule has 0 unspecified atom stereocenters. The van der Waals surface area contributed by atoms with Crippen molar-refractivity contribution < 1.29 is 14.6 Å². The maximum absolute atomic E-state index is 9.30. The second kappa shape index (κ2) is 3.09. The van der Waals surface area contributed by atoms with Gasteiger partial charge in [-0.25, -0.2) is 0 Å². The van der Waals surface area contributed by atoms with Crippen LogP contribution in [-0.2, 0) is 9.47 Å². The molecule has 0 aliphatic carbocycles. The van der Waals surface area contributed by atoms with Gasteiger partial charge in [0, 0.05) is 0 Å². The first-order chi connectivity index (χ1) is 5.04. The topological polar surface area (TPSA) is 38.7 Å². The molecule has 1 N–H and O–H groups in total. The van der Waals surface area contributed by atoms with Crippen LogP contribution in [0.5, 0.6) is 0 Å². The molecule has 0 aromatic rings. The normalized spacial score (nSPS) is 42.0. The number of ether oxygens (including phenoxy) is 2. The van der Waals surface area contributed by atoms with Crippen molar-refractivity contribution in [1.82, 2.24) is 0 Å². The first kappa shape index (κ1) is 8.97. The van der Waals surface area contributed by atoms with E-state index in [9.17, 15) is 5.11 Å². The van der Waals surface area contributed by atoms with Gasteiger partial charge >= 0.3 is 0 Å². The van der Waals surface area contributed by atoms with E-state index in [1.165, 1.54) is 0 Å². The van der Waals surface area contributed by atoms with E-state index < -0.39 is 11.9 Å². The predicted octanol–water partition coefficient (Wildman–Crippen LogP) is 0.909. The number of hydrogen-bond acceptors (Lipinski definition) is 3. The Morgan fingerprint density at radius 3 is 2.64 bits per heavy atom. The molecule has 1 saturated heterocycles. The van der Waals surface area contributed by atoms with Crippen LogP contribution in [0.3, 0.4) is 0 Å². The number of aliphatic hydroxyl groups is 1. The smallest absolute Gasteiger partial charge is 0.191 e. The highest BCUT2D eigenvalue weighted by molar-refractivity contribution is 4.75. The monoisotopic (exact) mass is 160 g/mol. The van der Waals surface area contributed by atoms with Crippen LogP contribution in [0.25, 0.3) is 0 Å². The van der Waals surface area contributed by atoms with Gasteiger partial charge in [0.2, 0.25) is 0 Å². The van der Waals surface area contributed by atoms with Crippen LogP contribution in [-0.4, -0.2) is 29.7 Å². The van der Waals surface area contributed by atoms with E-state index in [1.54, 1.807) is 13.8 Å². The quantitative estimate of drug-likeness (QED) is 0.619. The first-order valence-electron chi connectivity index (χ1n) is 4.04. The van der Waals surface area contributed by atoms with Crippen LogP contribution in [0.4, 0.5) is 0 Å². The van der Waals surface area contributed by atoms with Crippen molar-refractivity contribution in [3.05, 3.63) is 0 Å². The lowest BCUT2D eigenvalue weighted by molar-refractivity contribution is -0.313. The Labute approximate surface area is 67.3 Å². The van der Waals surface area contributed by atoms with E-state index in [2.05, 4.69) is 0 Å². The maximum Gasteiger partial charge on any atom is 0.191 e. The molecule has 1 aliphatic rings. The Morgan fingerprint density at radius 2 is 2.27 bits per heavy atom. The van der Waals surface area contributed by atoms with Crippen LogP contribution in [0.1, 0.15) is 27.2 Å². The second-order valence-corrected chi connectivity index (χ2v) is 3.26. The molecule has 0 amide bonds. The van der Waals surface area contributed by atoms with Crippen LogP contribution in [0.15, 0.2) is 0 Å². The van der Waals surface area contributed by atoms with Crippen molar-refractivity contribution >= 4 is 0 Å². The van der Waals surface area contributed by atoms with Crippen molar-refractivity contribution in [3.63, 3.8) is 0 Å². The standard InChI is InChI=1S/C8H16O3/c1-6-4-5-10-8(3,11-6)7(2)9/h6-7,9H,4-5H2,1-3H3/t6-,7-,8-/m1/s1. The minimum Gasteiger partial charge on any atom is -0.388 e. The van der Waals surface area contributed by atoms with Crippen LogP contribution in [0.2, 0.25) is 0 Å². The summed E-state index contributed by atoms with van der Waals surface area (Å²) in [6, 6.07) is 0. The summed E-state index contributed by atoms with van der Waals surface area (Å²) in [5.74, 6) is -0.794. The zero-order valence-corrected chi connectivity index (χ0v) is 7.33. The fraction of sp³-hybridized carbons (Fsp3) is 1.00. The summed E-state index contributed by atoms with van der Waals surface area (Å²) in [4.78, 5) is 0. The average molecular weight is 160 g/mol. The Morgan fingerprint density at radius 1 is 1.64 bits per heavy atom. The largest absolute Gasteiger partial charge is 0.388 e. The molecule has 0 radical (unpaired) electrons. The van der Waals surface area contributed by atoms with Gasteiger partial charge in [-0.3, -0.25) is 0 Å². The summed E-state index contributed by atoms with van der Waals surface area (Å²) in [6.07, 6.45) is 0.510. The molecule has 1 fully saturated rings. The average Bonchev–Trinajstić information content (AvgIpc) is 1.86. The molecule has 0 aromatic carbocycles. The fourth-order valence-electron chi connectivity index (χ4n) is 1.14. The molecule has 1 heterocycles. The molecular formula is C8H16O3. The lowest BCUT2D eigenvalue weighted by atomic mass is 10.1. The molecule has 1 aliphatic heterocycles. The number of hydrogen-bond donors (Lipinski definition) is 1. The summed E-state index contributed by atoms with van der Waals surface area (Å²) >= 11 is 0. The van der Waals surface area contributed by atoms with Gasteiger partial charge in [0.15, 0.2) is 5.79 Å². The maximum atomic E-state index is 9.30. The molecule has 3 heteroatoms. The van der Waals surface area contributed by atoms with Gasteiger partial charge in [-0.05, 0) is 27.2 Å². The summed E-state index contributed by atoms with van der Waals surface area (Å²) in [5.41, 5.74) is 0. The molecule has 0 aromatic heterocycles. The van der Waals surface area contributed by atoms with Crippen molar-refractivity contribution in [2.45, 2.75) is 45.2 Å². The second-order valence-electron chi connectivity index (χ2n) is 3.26. The molecular weight excluding hydrogens is 144 g/mol. The zero-order chi connectivity index (χ0) is 8.48. The third-order valence-corrected chi connectivity index (χ3v) is 2.11. The van der Waals surface area contributed by atoms with Gasteiger partial charge in [0.05, 0.1) is 12.7 Å². The van der Waals surface area contributed by atoms with Crippen LogP contribution in [0, 0.1) is 0 Å². The van der Waals surface area contributed by atoms with Gasteiger partial charge in [-0.15, -0.1) is 0 Å². The van der Waals surface area contributed by atoms with E-state index in [0.717, 1.165) is 6.42 Å². The van der Waals surface area contributed by atoms with Crippen LogP contribution < -0.4 is 0 Å². The molecule has 3 nitrogen and oxygen atoms in total. The Hall–Kier alpha value is -0.120. The molecule has 3 atom stereocenters. The third kappa shape index (κ3) is 1.92. The van der Waals surface area contributed by atoms with E-state index in [0.29, 0.717) is 6.61 Å². The zero-order valence-electron chi connectivity index (χ0n) is 7.33. The van der Waals surface area contributed by atoms with E-state index in [4.69, 9.17) is 9.47 Å². The molecule has 11 heavy (non-hydrogen) atoms. The molecule has 66 valence electrons. The third-order valence-electron chi connectivity index (χ3n) is 2.11. The summed E-state index contributed by atoms with van der Waals surface area (Å²) < 4.78 is 10.8. The lowest BCUT2D eigenvalue weighted by Crippen LogP contribution is -2.48. The Bertz CT molecular complexity index is 135. The Kier molecular flexibility index (Phi) is 2.52. The van der Waals surface area contributed by atoms with Crippen molar-refractivity contribution in [2.24, 2.45) is 0 Å². The van der Waals surface area contributed by atoms with E-state index in [1.807, 2.05) is 6.92 Å². The van der Waals surface area contributed by atoms with Gasteiger partial charge in [0.1, 0.15) is 6.10 Å². The SMILES string of the molecule is C[C@@H]1CCO[C@@](C)([C@@H](C)O)O1. The van der Waals surface area contributed by atoms with E-state index in [-0.39, 0.29) is 6.10 Å². The van der Waals surface area contributed by atoms with Crippen LogP contribution >= 0.6 is 0 Å². The van der Waals surface area contributed by atoms with Gasteiger partial charge in [0.25, 0.3) is 0 Å². The first-order valence-corrected chi connectivity index (χ1v) is 4.04. The highest BCUT2D eigenvalue weighted by Gasteiger charge is 2.36. The minimum absolute atomic E-state index is 0.184. The van der Waals surface area contributed by atoms with Crippen molar-refractivity contribution in [1.29, 1.82) is 0 Å².